The highest BCUT2D eigenvalue weighted by molar-refractivity contribution is 5.95. The molecule has 0 bridgehead atoms. The highest BCUT2D eigenvalue weighted by Gasteiger charge is 2.23. The summed E-state index contributed by atoms with van der Waals surface area (Å²) >= 11 is 0. The molecular formula is C24H30N2O4. The second kappa shape index (κ2) is 10.7. The fourth-order valence-corrected chi connectivity index (χ4v) is 4.04. The zero-order valence-corrected chi connectivity index (χ0v) is 17.4. The molecule has 2 aromatic rings. The Morgan fingerprint density at radius 3 is 2.47 bits per heavy atom. The molecule has 6 nitrogen and oxygen atoms in total. The van der Waals surface area contributed by atoms with Crippen molar-refractivity contribution in [1.29, 1.82) is 0 Å². The summed E-state index contributed by atoms with van der Waals surface area (Å²) in [6.45, 7) is -0.251. The standard InChI is InChI=1S/C24H30N2O4/c1-29-22-15-19(12-13-21(22)30-16-23(25)27)24(28)26-20(18-10-6-3-7-11-18)14-17-8-4-2-5-9-17/h3,6-7,10-13,15,17,20H,2,4-5,8-9,14,16H2,1H3,(H2,25,27)(H,26,28). The Labute approximate surface area is 177 Å². The first-order valence-electron chi connectivity index (χ1n) is 10.5. The van der Waals surface area contributed by atoms with E-state index in [1.54, 1.807) is 18.2 Å². The number of hydrogen-bond donors (Lipinski definition) is 2. The van der Waals surface area contributed by atoms with Crippen molar-refractivity contribution in [3.8, 4) is 11.5 Å². The van der Waals surface area contributed by atoms with Crippen molar-refractivity contribution in [2.24, 2.45) is 11.7 Å². The minimum absolute atomic E-state index is 0.0430. The fraction of sp³-hybridized carbons (Fsp3) is 0.417. The van der Waals surface area contributed by atoms with E-state index in [9.17, 15) is 9.59 Å². The lowest BCUT2D eigenvalue weighted by atomic mass is 9.83. The van der Waals surface area contributed by atoms with Crippen LogP contribution in [0.4, 0.5) is 0 Å². The predicted molar refractivity (Wildman–Crippen MR) is 116 cm³/mol. The van der Waals surface area contributed by atoms with Crippen LogP contribution in [0.15, 0.2) is 48.5 Å². The molecule has 6 heteroatoms. The Bertz CT molecular complexity index is 848. The molecule has 0 heterocycles. The molecule has 0 saturated heterocycles. The van der Waals surface area contributed by atoms with E-state index in [2.05, 4.69) is 17.4 Å². The normalized spacial score (nSPS) is 15.2. The van der Waals surface area contributed by atoms with Gasteiger partial charge >= 0.3 is 0 Å². The second-order valence-corrected chi connectivity index (χ2v) is 7.80. The maximum Gasteiger partial charge on any atom is 0.255 e. The lowest BCUT2D eigenvalue weighted by Crippen LogP contribution is -2.30. The van der Waals surface area contributed by atoms with Crippen molar-refractivity contribution in [2.75, 3.05) is 13.7 Å². The Morgan fingerprint density at radius 1 is 1.07 bits per heavy atom. The number of carbonyl (C=O) groups excluding carboxylic acids is 2. The van der Waals surface area contributed by atoms with Crippen LogP contribution in [0, 0.1) is 5.92 Å². The van der Waals surface area contributed by atoms with Gasteiger partial charge < -0.3 is 20.5 Å². The van der Waals surface area contributed by atoms with Crippen LogP contribution >= 0.6 is 0 Å². The van der Waals surface area contributed by atoms with Gasteiger partial charge in [0.1, 0.15) is 0 Å². The molecule has 1 aliphatic carbocycles. The smallest absolute Gasteiger partial charge is 0.255 e. The highest BCUT2D eigenvalue weighted by Crippen LogP contribution is 2.33. The van der Waals surface area contributed by atoms with Gasteiger partial charge in [0.2, 0.25) is 0 Å². The maximum absolute atomic E-state index is 13.0. The Kier molecular flexibility index (Phi) is 7.71. The van der Waals surface area contributed by atoms with Crippen molar-refractivity contribution >= 4 is 11.8 Å². The summed E-state index contributed by atoms with van der Waals surface area (Å²) in [5.74, 6) is 0.636. The number of benzene rings is 2. The van der Waals surface area contributed by atoms with Gasteiger partial charge in [-0.15, -0.1) is 0 Å². The summed E-state index contributed by atoms with van der Waals surface area (Å²) in [4.78, 5) is 24.0. The summed E-state index contributed by atoms with van der Waals surface area (Å²) in [6, 6.07) is 15.0. The average Bonchev–Trinajstić information content (AvgIpc) is 2.78. The number of rotatable bonds is 9. The van der Waals surface area contributed by atoms with E-state index in [1.807, 2.05) is 18.2 Å². The lowest BCUT2D eigenvalue weighted by Gasteiger charge is -2.27. The average molecular weight is 411 g/mol. The number of primary amides is 1. The second-order valence-electron chi connectivity index (χ2n) is 7.80. The summed E-state index contributed by atoms with van der Waals surface area (Å²) in [5, 5.41) is 3.21. The first-order chi connectivity index (χ1) is 14.6. The number of carbonyl (C=O) groups is 2. The SMILES string of the molecule is COc1cc(C(=O)NC(CC2CCCCC2)c2ccccc2)ccc1OCC(N)=O. The Hall–Kier alpha value is -3.02. The van der Waals surface area contributed by atoms with Crippen LogP contribution in [0.2, 0.25) is 0 Å². The molecule has 3 N–H and O–H groups in total. The van der Waals surface area contributed by atoms with Crippen molar-refractivity contribution in [3.05, 3.63) is 59.7 Å². The Balaban J connectivity index is 1.75. The molecule has 1 atom stereocenters. The van der Waals surface area contributed by atoms with Crippen LogP contribution in [-0.2, 0) is 4.79 Å². The molecular weight excluding hydrogens is 380 g/mol. The molecule has 3 rings (SSSR count). The molecule has 0 spiro atoms. The first-order valence-corrected chi connectivity index (χ1v) is 10.5. The number of amides is 2. The zero-order valence-electron chi connectivity index (χ0n) is 17.4. The van der Waals surface area contributed by atoms with Crippen molar-refractivity contribution < 1.29 is 19.1 Å². The zero-order chi connectivity index (χ0) is 21.3. The highest BCUT2D eigenvalue weighted by atomic mass is 16.5. The van der Waals surface area contributed by atoms with Crippen LogP contribution in [-0.4, -0.2) is 25.5 Å². The topological polar surface area (TPSA) is 90.7 Å². The quantitative estimate of drug-likeness (QED) is 0.654. The molecule has 1 aliphatic rings. The van der Waals surface area contributed by atoms with E-state index in [0.717, 1.165) is 12.0 Å². The molecule has 0 aromatic heterocycles. The summed E-state index contributed by atoms with van der Waals surface area (Å²) < 4.78 is 10.7. The largest absolute Gasteiger partial charge is 0.493 e. The van der Waals surface area contributed by atoms with E-state index in [-0.39, 0.29) is 18.6 Å². The van der Waals surface area contributed by atoms with Gasteiger partial charge in [-0.25, -0.2) is 0 Å². The monoisotopic (exact) mass is 410 g/mol. The number of hydrogen-bond acceptors (Lipinski definition) is 4. The molecule has 1 fully saturated rings. The maximum atomic E-state index is 13.0. The molecule has 2 aromatic carbocycles. The van der Waals surface area contributed by atoms with Gasteiger partial charge in [0.25, 0.3) is 11.8 Å². The number of methoxy groups -OCH3 is 1. The van der Waals surface area contributed by atoms with Crippen molar-refractivity contribution in [1.82, 2.24) is 5.32 Å². The molecule has 30 heavy (non-hydrogen) atoms. The first kappa shape index (κ1) is 21.7. The van der Waals surface area contributed by atoms with Crippen LogP contribution in [0.3, 0.4) is 0 Å². The predicted octanol–water partition coefficient (Wildman–Crippen LogP) is 4.00. The Morgan fingerprint density at radius 2 is 1.80 bits per heavy atom. The number of ether oxygens (including phenoxy) is 2. The third kappa shape index (κ3) is 5.99. The molecule has 2 amide bonds. The molecule has 0 aliphatic heterocycles. The van der Waals surface area contributed by atoms with E-state index in [0.29, 0.717) is 23.0 Å². The fourth-order valence-electron chi connectivity index (χ4n) is 4.04. The van der Waals surface area contributed by atoms with Crippen LogP contribution in [0.1, 0.15) is 60.5 Å². The molecule has 1 unspecified atom stereocenters. The van der Waals surface area contributed by atoms with Crippen LogP contribution < -0.4 is 20.5 Å². The third-order valence-corrected chi connectivity index (χ3v) is 5.60. The summed E-state index contributed by atoms with van der Waals surface area (Å²) in [6.07, 6.45) is 7.22. The minimum atomic E-state index is -0.577. The molecule has 160 valence electrons. The summed E-state index contributed by atoms with van der Waals surface area (Å²) in [7, 11) is 1.49. The third-order valence-electron chi connectivity index (χ3n) is 5.60. The van der Waals surface area contributed by atoms with Gasteiger partial charge in [-0.2, -0.15) is 0 Å². The van der Waals surface area contributed by atoms with Gasteiger partial charge in [-0.1, -0.05) is 62.4 Å². The van der Waals surface area contributed by atoms with Gasteiger partial charge in [0.15, 0.2) is 18.1 Å². The van der Waals surface area contributed by atoms with Gasteiger partial charge in [0, 0.05) is 5.56 Å². The van der Waals surface area contributed by atoms with E-state index < -0.39 is 5.91 Å². The van der Waals surface area contributed by atoms with E-state index in [1.165, 1.54) is 39.2 Å². The lowest BCUT2D eigenvalue weighted by molar-refractivity contribution is -0.119. The number of nitrogens with two attached hydrogens (primary N) is 1. The van der Waals surface area contributed by atoms with Gasteiger partial charge in [0.05, 0.1) is 13.2 Å². The van der Waals surface area contributed by atoms with Crippen LogP contribution in [0.5, 0.6) is 11.5 Å². The van der Waals surface area contributed by atoms with Gasteiger partial charge in [-0.05, 0) is 36.1 Å². The van der Waals surface area contributed by atoms with E-state index in [4.69, 9.17) is 15.2 Å². The minimum Gasteiger partial charge on any atom is -0.493 e. The number of nitrogens with one attached hydrogen (secondary N) is 1. The van der Waals surface area contributed by atoms with Gasteiger partial charge in [-0.3, -0.25) is 9.59 Å². The molecule has 1 saturated carbocycles. The van der Waals surface area contributed by atoms with Crippen LogP contribution in [0.25, 0.3) is 0 Å². The van der Waals surface area contributed by atoms with Crippen molar-refractivity contribution in [3.63, 3.8) is 0 Å². The van der Waals surface area contributed by atoms with E-state index >= 15 is 0 Å². The van der Waals surface area contributed by atoms with Crippen molar-refractivity contribution in [2.45, 2.75) is 44.6 Å². The molecule has 0 radical (unpaired) electrons. The summed E-state index contributed by atoms with van der Waals surface area (Å²) in [5.41, 5.74) is 6.72.